The molecule has 7 heteroatoms. The van der Waals surface area contributed by atoms with Crippen LogP contribution < -0.4 is 15.4 Å². The summed E-state index contributed by atoms with van der Waals surface area (Å²) in [6, 6.07) is 4.39. The molecular formula is C17H27N3O3S. The van der Waals surface area contributed by atoms with Gasteiger partial charge in [0.05, 0.1) is 23.8 Å². The molecule has 24 heavy (non-hydrogen) atoms. The van der Waals surface area contributed by atoms with Crippen LogP contribution >= 0.6 is 12.2 Å². The summed E-state index contributed by atoms with van der Waals surface area (Å²) in [5, 5.41) is 17.4. The van der Waals surface area contributed by atoms with Gasteiger partial charge in [0.2, 0.25) is 0 Å². The molecule has 0 aliphatic rings. The molecule has 6 nitrogen and oxygen atoms in total. The van der Waals surface area contributed by atoms with E-state index in [-0.39, 0.29) is 5.69 Å². The quantitative estimate of drug-likeness (QED) is 0.261. The van der Waals surface area contributed by atoms with E-state index >= 15 is 0 Å². The first-order valence-corrected chi connectivity index (χ1v) is 8.86. The van der Waals surface area contributed by atoms with Gasteiger partial charge in [-0.05, 0) is 24.7 Å². The van der Waals surface area contributed by atoms with Crippen molar-refractivity contribution in [3.05, 3.63) is 28.3 Å². The molecule has 0 fully saturated rings. The van der Waals surface area contributed by atoms with Gasteiger partial charge in [-0.1, -0.05) is 45.4 Å². The van der Waals surface area contributed by atoms with E-state index in [0.29, 0.717) is 16.5 Å². The Labute approximate surface area is 149 Å². The van der Waals surface area contributed by atoms with Crippen molar-refractivity contribution in [2.75, 3.05) is 19.0 Å². The highest BCUT2D eigenvalue weighted by Crippen LogP contribution is 2.28. The molecule has 0 atom stereocenters. The lowest BCUT2D eigenvalue weighted by molar-refractivity contribution is -0.384. The molecule has 0 saturated carbocycles. The average Bonchev–Trinajstić information content (AvgIpc) is 2.57. The molecule has 0 aromatic heterocycles. The smallest absolute Gasteiger partial charge is 0.273 e. The first kappa shape index (κ1) is 20.2. The molecule has 0 amide bonds. The minimum Gasteiger partial charge on any atom is -0.494 e. The number of thiocarbonyl (C=S) groups is 1. The monoisotopic (exact) mass is 353 g/mol. The summed E-state index contributed by atoms with van der Waals surface area (Å²) >= 11 is 5.25. The minimum absolute atomic E-state index is 0.0145. The number of non-ortho nitro benzene ring substituents is 1. The molecule has 0 saturated heterocycles. The number of nitro groups is 1. The maximum atomic E-state index is 10.8. The van der Waals surface area contributed by atoms with Gasteiger partial charge in [0.1, 0.15) is 5.75 Å². The van der Waals surface area contributed by atoms with E-state index in [1.165, 1.54) is 57.8 Å². The number of methoxy groups -OCH3 is 1. The fraction of sp³-hybridized carbons (Fsp3) is 0.588. The molecule has 0 bridgehead atoms. The highest BCUT2D eigenvalue weighted by molar-refractivity contribution is 7.80. The third-order valence-electron chi connectivity index (χ3n) is 3.71. The number of nitrogens with zero attached hydrogens (tertiary/aromatic N) is 1. The number of anilines is 1. The second kappa shape index (κ2) is 11.6. The Bertz CT molecular complexity index is 538. The fourth-order valence-corrected chi connectivity index (χ4v) is 2.56. The van der Waals surface area contributed by atoms with Crippen LogP contribution in [0.15, 0.2) is 18.2 Å². The molecule has 1 aromatic rings. The molecule has 0 unspecified atom stereocenters. The van der Waals surface area contributed by atoms with Crippen LogP contribution in [-0.2, 0) is 0 Å². The van der Waals surface area contributed by atoms with Crippen LogP contribution in [0.2, 0.25) is 0 Å². The Morgan fingerprint density at radius 2 is 1.88 bits per heavy atom. The van der Waals surface area contributed by atoms with Crippen molar-refractivity contribution in [3.8, 4) is 5.75 Å². The molecule has 2 N–H and O–H groups in total. The summed E-state index contributed by atoms with van der Waals surface area (Å²) in [4.78, 5) is 10.3. The Hall–Kier alpha value is -1.89. The lowest BCUT2D eigenvalue weighted by atomic mass is 10.1. The van der Waals surface area contributed by atoms with Gasteiger partial charge >= 0.3 is 0 Å². The van der Waals surface area contributed by atoms with E-state index in [9.17, 15) is 10.1 Å². The molecule has 0 heterocycles. The third-order valence-corrected chi connectivity index (χ3v) is 3.96. The number of rotatable bonds is 11. The van der Waals surface area contributed by atoms with Crippen LogP contribution in [-0.4, -0.2) is 23.7 Å². The van der Waals surface area contributed by atoms with E-state index in [2.05, 4.69) is 17.6 Å². The predicted molar refractivity (Wildman–Crippen MR) is 102 cm³/mol. The van der Waals surface area contributed by atoms with E-state index in [1.54, 1.807) is 6.07 Å². The Kier molecular flexibility index (Phi) is 9.76. The Balaban J connectivity index is 2.31. The number of hydrogen-bond acceptors (Lipinski definition) is 4. The number of ether oxygens (including phenoxy) is 1. The van der Waals surface area contributed by atoms with Crippen molar-refractivity contribution >= 4 is 28.7 Å². The van der Waals surface area contributed by atoms with Gasteiger partial charge in [-0.15, -0.1) is 0 Å². The van der Waals surface area contributed by atoms with Crippen molar-refractivity contribution in [2.45, 2.75) is 51.9 Å². The Morgan fingerprint density at radius 3 is 2.50 bits per heavy atom. The molecule has 0 aliphatic carbocycles. The summed E-state index contributed by atoms with van der Waals surface area (Å²) in [7, 11) is 1.47. The number of nitro benzene ring substituents is 1. The SMILES string of the molecule is CCCCCCCCCNC(=S)Nc1ccc([N+](=O)[O-])cc1OC. The summed E-state index contributed by atoms with van der Waals surface area (Å²) < 4.78 is 5.17. The predicted octanol–water partition coefficient (Wildman–Crippen LogP) is 4.64. The summed E-state index contributed by atoms with van der Waals surface area (Å²) in [5.41, 5.74) is 0.597. The van der Waals surface area contributed by atoms with Gasteiger partial charge in [-0.25, -0.2) is 0 Å². The van der Waals surface area contributed by atoms with Crippen LogP contribution in [0.3, 0.4) is 0 Å². The van der Waals surface area contributed by atoms with Gasteiger partial charge in [0.25, 0.3) is 5.69 Å². The normalized spacial score (nSPS) is 10.2. The largest absolute Gasteiger partial charge is 0.494 e. The minimum atomic E-state index is -0.455. The lowest BCUT2D eigenvalue weighted by Gasteiger charge is -2.13. The molecular weight excluding hydrogens is 326 g/mol. The summed E-state index contributed by atoms with van der Waals surface area (Å²) in [6.45, 7) is 3.03. The maximum absolute atomic E-state index is 10.8. The van der Waals surface area contributed by atoms with Crippen molar-refractivity contribution in [2.24, 2.45) is 0 Å². The van der Waals surface area contributed by atoms with Gasteiger partial charge in [-0.3, -0.25) is 10.1 Å². The molecule has 0 spiro atoms. The zero-order valence-corrected chi connectivity index (χ0v) is 15.3. The van der Waals surface area contributed by atoms with Crippen molar-refractivity contribution in [1.29, 1.82) is 0 Å². The maximum Gasteiger partial charge on any atom is 0.273 e. The summed E-state index contributed by atoms with van der Waals surface area (Å²) in [6.07, 6.45) is 8.75. The Morgan fingerprint density at radius 1 is 1.21 bits per heavy atom. The first-order chi connectivity index (χ1) is 11.6. The molecule has 1 rings (SSSR count). The van der Waals surface area contributed by atoms with Gasteiger partial charge in [0.15, 0.2) is 5.11 Å². The highest BCUT2D eigenvalue weighted by Gasteiger charge is 2.12. The van der Waals surface area contributed by atoms with E-state index in [1.807, 2.05) is 0 Å². The lowest BCUT2D eigenvalue weighted by Crippen LogP contribution is -2.29. The highest BCUT2D eigenvalue weighted by atomic mass is 32.1. The number of hydrogen-bond donors (Lipinski definition) is 2. The van der Waals surface area contributed by atoms with Crippen LogP contribution in [0.1, 0.15) is 51.9 Å². The zero-order chi connectivity index (χ0) is 17.8. The molecule has 134 valence electrons. The topological polar surface area (TPSA) is 76.4 Å². The number of benzene rings is 1. The van der Waals surface area contributed by atoms with Gasteiger partial charge in [-0.2, -0.15) is 0 Å². The van der Waals surface area contributed by atoms with Crippen molar-refractivity contribution < 1.29 is 9.66 Å². The number of nitrogens with one attached hydrogen (secondary N) is 2. The van der Waals surface area contributed by atoms with E-state index < -0.39 is 4.92 Å². The summed E-state index contributed by atoms with van der Waals surface area (Å²) in [5.74, 6) is 0.393. The zero-order valence-electron chi connectivity index (χ0n) is 14.5. The van der Waals surface area contributed by atoms with Crippen molar-refractivity contribution in [3.63, 3.8) is 0 Å². The van der Waals surface area contributed by atoms with Crippen LogP contribution in [0.5, 0.6) is 5.75 Å². The van der Waals surface area contributed by atoms with Crippen molar-refractivity contribution in [1.82, 2.24) is 5.32 Å². The van der Waals surface area contributed by atoms with Gasteiger partial charge < -0.3 is 15.4 Å². The first-order valence-electron chi connectivity index (χ1n) is 8.45. The molecule has 0 radical (unpaired) electrons. The molecule has 0 aliphatic heterocycles. The fourth-order valence-electron chi connectivity index (χ4n) is 2.35. The van der Waals surface area contributed by atoms with E-state index in [0.717, 1.165) is 13.0 Å². The van der Waals surface area contributed by atoms with E-state index in [4.69, 9.17) is 17.0 Å². The standard InChI is InChI=1S/C17H27N3O3S/c1-3-4-5-6-7-8-9-12-18-17(24)19-15-11-10-14(20(21)22)13-16(15)23-2/h10-11,13H,3-9,12H2,1-2H3,(H2,18,19,24). The van der Waals surface area contributed by atoms with Gasteiger partial charge in [0, 0.05) is 12.6 Å². The second-order valence-corrected chi connectivity index (χ2v) is 6.05. The average molecular weight is 353 g/mol. The second-order valence-electron chi connectivity index (χ2n) is 5.64. The van der Waals surface area contributed by atoms with Crippen LogP contribution in [0.25, 0.3) is 0 Å². The number of unbranched alkanes of at least 4 members (excludes halogenated alkanes) is 6. The molecule has 1 aromatic carbocycles. The third kappa shape index (κ3) is 7.59. The van der Waals surface area contributed by atoms with Crippen LogP contribution in [0.4, 0.5) is 11.4 Å². The van der Waals surface area contributed by atoms with Crippen LogP contribution in [0, 0.1) is 10.1 Å².